The molecular formula is C17H30O. The summed E-state index contributed by atoms with van der Waals surface area (Å²) in [5.74, 6) is 0. The van der Waals surface area contributed by atoms with Crippen LogP contribution in [0.3, 0.4) is 0 Å². The third-order valence-electron chi connectivity index (χ3n) is 4.69. The number of hydrogen-bond acceptors (Lipinski definition) is 1. The van der Waals surface area contributed by atoms with E-state index in [4.69, 9.17) is 0 Å². The minimum absolute atomic E-state index is 0.0531. The Morgan fingerprint density at radius 1 is 1.50 bits per heavy atom. The van der Waals surface area contributed by atoms with Gasteiger partial charge in [-0.3, -0.25) is 0 Å². The quantitative estimate of drug-likeness (QED) is 0.537. The van der Waals surface area contributed by atoms with Crippen molar-refractivity contribution in [1.82, 2.24) is 0 Å². The SMILES string of the molecule is CC(C)=CCCC[C@](C)(O)[C@]1(C)CC=C(C)CC1. The highest BCUT2D eigenvalue weighted by Gasteiger charge is 2.42. The van der Waals surface area contributed by atoms with E-state index >= 15 is 0 Å². The minimum atomic E-state index is -0.542. The smallest absolute Gasteiger partial charge is 0.0676 e. The van der Waals surface area contributed by atoms with Crippen molar-refractivity contribution < 1.29 is 5.11 Å². The molecule has 1 N–H and O–H groups in total. The van der Waals surface area contributed by atoms with Gasteiger partial charge < -0.3 is 5.11 Å². The lowest BCUT2D eigenvalue weighted by Gasteiger charge is -2.45. The molecule has 0 amide bonds. The van der Waals surface area contributed by atoms with E-state index in [0.717, 1.165) is 38.5 Å². The molecule has 0 aromatic rings. The van der Waals surface area contributed by atoms with E-state index in [1.807, 2.05) is 6.92 Å². The number of hydrogen-bond donors (Lipinski definition) is 1. The Balaban J connectivity index is 2.54. The molecule has 1 aliphatic rings. The van der Waals surface area contributed by atoms with Gasteiger partial charge in [0.15, 0.2) is 0 Å². The molecule has 2 atom stereocenters. The molecular weight excluding hydrogens is 220 g/mol. The van der Waals surface area contributed by atoms with Crippen LogP contribution < -0.4 is 0 Å². The maximum absolute atomic E-state index is 10.8. The Kier molecular flexibility index (Phi) is 5.21. The Labute approximate surface area is 113 Å². The second kappa shape index (κ2) is 6.06. The van der Waals surface area contributed by atoms with E-state index in [2.05, 4.69) is 39.8 Å². The number of unbranched alkanes of at least 4 members (excludes halogenated alkanes) is 1. The first-order chi connectivity index (χ1) is 8.27. The Bertz CT molecular complexity index is 332. The van der Waals surface area contributed by atoms with Crippen LogP contribution in [-0.2, 0) is 0 Å². The Morgan fingerprint density at radius 3 is 2.67 bits per heavy atom. The first-order valence-electron chi connectivity index (χ1n) is 7.28. The standard InChI is InChI=1S/C17H30O/c1-14(2)8-6-7-11-17(5,18)16(4)12-9-15(3)10-13-16/h8-9,18H,6-7,10-13H2,1-5H3/t16-,17+/m1/s1. The largest absolute Gasteiger partial charge is 0.390 e. The zero-order chi connectivity index (χ0) is 13.8. The van der Waals surface area contributed by atoms with Gasteiger partial charge in [-0.1, -0.05) is 30.2 Å². The number of allylic oxidation sites excluding steroid dienone is 4. The molecule has 1 heteroatoms. The molecule has 0 spiro atoms. The maximum atomic E-state index is 10.8. The summed E-state index contributed by atoms with van der Waals surface area (Å²) in [4.78, 5) is 0. The van der Waals surface area contributed by atoms with Gasteiger partial charge in [0.2, 0.25) is 0 Å². The van der Waals surface area contributed by atoms with E-state index in [1.165, 1.54) is 11.1 Å². The van der Waals surface area contributed by atoms with Gasteiger partial charge in [-0.05, 0) is 71.6 Å². The van der Waals surface area contributed by atoms with E-state index in [0.29, 0.717) is 0 Å². The highest BCUT2D eigenvalue weighted by molar-refractivity contribution is 5.10. The molecule has 0 saturated heterocycles. The monoisotopic (exact) mass is 250 g/mol. The summed E-state index contributed by atoms with van der Waals surface area (Å²) in [5.41, 5.74) is 2.36. The predicted molar refractivity (Wildman–Crippen MR) is 79.6 cm³/mol. The zero-order valence-electron chi connectivity index (χ0n) is 12.8. The average Bonchev–Trinajstić information content (AvgIpc) is 2.28. The molecule has 18 heavy (non-hydrogen) atoms. The first kappa shape index (κ1) is 15.5. The zero-order valence-corrected chi connectivity index (χ0v) is 12.8. The maximum Gasteiger partial charge on any atom is 0.0676 e. The molecule has 1 aliphatic carbocycles. The molecule has 0 saturated carbocycles. The molecule has 0 unspecified atom stereocenters. The van der Waals surface area contributed by atoms with Gasteiger partial charge in [-0.25, -0.2) is 0 Å². The fourth-order valence-electron chi connectivity index (χ4n) is 2.70. The topological polar surface area (TPSA) is 20.2 Å². The number of aliphatic hydroxyl groups is 1. The lowest BCUT2D eigenvalue weighted by atomic mass is 9.64. The van der Waals surface area contributed by atoms with Crippen LogP contribution in [0.1, 0.15) is 73.1 Å². The second-order valence-corrected chi connectivity index (χ2v) is 6.76. The summed E-state index contributed by atoms with van der Waals surface area (Å²) in [6, 6.07) is 0. The van der Waals surface area contributed by atoms with Gasteiger partial charge in [-0.15, -0.1) is 0 Å². The first-order valence-corrected chi connectivity index (χ1v) is 7.28. The number of rotatable bonds is 5. The average molecular weight is 250 g/mol. The molecule has 1 rings (SSSR count). The van der Waals surface area contributed by atoms with Gasteiger partial charge in [0.25, 0.3) is 0 Å². The van der Waals surface area contributed by atoms with Crippen LogP contribution in [0.25, 0.3) is 0 Å². The van der Waals surface area contributed by atoms with Gasteiger partial charge in [0, 0.05) is 0 Å². The van der Waals surface area contributed by atoms with Crippen molar-refractivity contribution in [3.63, 3.8) is 0 Å². The molecule has 1 nitrogen and oxygen atoms in total. The lowest BCUT2D eigenvalue weighted by molar-refractivity contribution is -0.0738. The fraction of sp³-hybridized carbons (Fsp3) is 0.765. The minimum Gasteiger partial charge on any atom is -0.390 e. The van der Waals surface area contributed by atoms with Crippen LogP contribution in [0.5, 0.6) is 0 Å². The molecule has 0 aliphatic heterocycles. The van der Waals surface area contributed by atoms with Gasteiger partial charge >= 0.3 is 0 Å². The van der Waals surface area contributed by atoms with Crippen LogP contribution in [0.2, 0.25) is 0 Å². The lowest BCUT2D eigenvalue weighted by Crippen LogP contribution is -2.44. The highest BCUT2D eigenvalue weighted by atomic mass is 16.3. The van der Waals surface area contributed by atoms with Crippen molar-refractivity contribution in [2.45, 2.75) is 78.7 Å². The molecule has 104 valence electrons. The summed E-state index contributed by atoms with van der Waals surface area (Å²) in [6.07, 6.45) is 10.9. The van der Waals surface area contributed by atoms with Crippen LogP contribution in [-0.4, -0.2) is 10.7 Å². The third kappa shape index (κ3) is 3.98. The molecule has 0 bridgehead atoms. The second-order valence-electron chi connectivity index (χ2n) is 6.76. The summed E-state index contributed by atoms with van der Waals surface area (Å²) >= 11 is 0. The van der Waals surface area contributed by atoms with Crippen LogP contribution >= 0.6 is 0 Å². The van der Waals surface area contributed by atoms with E-state index in [-0.39, 0.29) is 5.41 Å². The van der Waals surface area contributed by atoms with Crippen molar-refractivity contribution in [1.29, 1.82) is 0 Å². The van der Waals surface area contributed by atoms with Crippen LogP contribution in [0.4, 0.5) is 0 Å². The van der Waals surface area contributed by atoms with Crippen molar-refractivity contribution in [2.75, 3.05) is 0 Å². The van der Waals surface area contributed by atoms with Gasteiger partial charge in [0.1, 0.15) is 0 Å². The van der Waals surface area contributed by atoms with Gasteiger partial charge in [-0.2, -0.15) is 0 Å². The molecule has 0 heterocycles. The molecule has 0 radical (unpaired) electrons. The normalized spacial score (nSPS) is 27.3. The van der Waals surface area contributed by atoms with Crippen LogP contribution in [0.15, 0.2) is 23.3 Å². The predicted octanol–water partition coefficient (Wildman–Crippen LogP) is 5.01. The third-order valence-corrected chi connectivity index (χ3v) is 4.69. The van der Waals surface area contributed by atoms with Gasteiger partial charge in [0.05, 0.1) is 5.60 Å². The van der Waals surface area contributed by atoms with Crippen molar-refractivity contribution >= 4 is 0 Å². The van der Waals surface area contributed by atoms with Crippen molar-refractivity contribution in [3.05, 3.63) is 23.3 Å². The van der Waals surface area contributed by atoms with E-state index < -0.39 is 5.60 Å². The Morgan fingerprint density at radius 2 is 2.17 bits per heavy atom. The van der Waals surface area contributed by atoms with Crippen molar-refractivity contribution in [2.24, 2.45) is 5.41 Å². The van der Waals surface area contributed by atoms with Crippen LogP contribution in [0, 0.1) is 5.41 Å². The van der Waals surface area contributed by atoms with E-state index in [1.54, 1.807) is 0 Å². The summed E-state index contributed by atoms with van der Waals surface area (Å²) in [7, 11) is 0. The summed E-state index contributed by atoms with van der Waals surface area (Å²) in [5, 5.41) is 10.8. The molecule has 0 fully saturated rings. The summed E-state index contributed by atoms with van der Waals surface area (Å²) in [6.45, 7) is 10.7. The summed E-state index contributed by atoms with van der Waals surface area (Å²) < 4.78 is 0. The Hall–Kier alpha value is -0.560. The molecule has 0 aromatic carbocycles. The fourth-order valence-corrected chi connectivity index (χ4v) is 2.70. The molecule has 0 aromatic heterocycles. The van der Waals surface area contributed by atoms with Crippen molar-refractivity contribution in [3.8, 4) is 0 Å². The highest BCUT2D eigenvalue weighted by Crippen LogP contribution is 2.45. The van der Waals surface area contributed by atoms with E-state index in [9.17, 15) is 5.11 Å².